The summed E-state index contributed by atoms with van der Waals surface area (Å²) < 4.78 is 1.46. The molecule has 0 radical (unpaired) electrons. The lowest BCUT2D eigenvalue weighted by Gasteiger charge is -2.21. The van der Waals surface area contributed by atoms with Gasteiger partial charge < -0.3 is 10.2 Å². The molecule has 2 rings (SSSR count). The van der Waals surface area contributed by atoms with E-state index in [2.05, 4.69) is 12.0 Å². The summed E-state index contributed by atoms with van der Waals surface area (Å²) in [6, 6.07) is 8.72. The quantitative estimate of drug-likeness (QED) is 0.828. The van der Waals surface area contributed by atoms with Crippen LogP contribution in [0.4, 0.5) is 0 Å². The zero-order valence-electron chi connectivity index (χ0n) is 11.1. The summed E-state index contributed by atoms with van der Waals surface area (Å²) in [5, 5.41) is 19.7. The Morgan fingerprint density at radius 2 is 1.79 bits per heavy atom. The van der Waals surface area contributed by atoms with Gasteiger partial charge in [-0.3, -0.25) is 4.57 Å². The van der Waals surface area contributed by atoms with Gasteiger partial charge >= 0.3 is 0 Å². The molecule has 0 saturated heterocycles. The van der Waals surface area contributed by atoms with Gasteiger partial charge in [0, 0.05) is 18.6 Å². The van der Waals surface area contributed by atoms with E-state index in [0.717, 1.165) is 11.1 Å². The van der Waals surface area contributed by atoms with E-state index in [1.807, 2.05) is 26.0 Å². The summed E-state index contributed by atoms with van der Waals surface area (Å²) in [6.45, 7) is 4.03. The second kappa shape index (κ2) is 5.11. The lowest BCUT2D eigenvalue weighted by Crippen LogP contribution is -2.11. The molecule has 98 valence electrons. The number of aryl methyl sites for hydroxylation is 2. The van der Waals surface area contributed by atoms with E-state index in [1.165, 1.54) is 22.3 Å². The minimum Gasteiger partial charge on any atom is -0.494 e. The van der Waals surface area contributed by atoms with E-state index in [4.69, 9.17) is 6.42 Å². The highest BCUT2D eigenvalue weighted by molar-refractivity contribution is 5.37. The van der Waals surface area contributed by atoms with Gasteiger partial charge in [-0.1, -0.05) is 23.8 Å². The van der Waals surface area contributed by atoms with Crippen molar-refractivity contribution in [3.63, 3.8) is 0 Å². The van der Waals surface area contributed by atoms with Crippen molar-refractivity contribution in [3.8, 4) is 24.1 Å². The van der Waals surface area contributed by atoms with E-state index >= 15 is 0 Å². The average molecular weight is 255 g/mol. The first-order valence-corrected chi connectivity index (χ1v) is 6.14. The molecule has 0 amide bonds. The summed E-state index contributed by atoms with van der Waals surface area (Å²) >= 11 is 0. The van der Waals surface area contributed by atoms with Gasteiger partial charge in [0.05, 0.1) is 6.04 Å². The summed E-state index contributed by atoms with van der Waals surface area (Å²) in [5.41, 5.74) is 3.26. The smallest absolute Gasteiger partial charge is 0.194 e. The van der Waals surface area contributed by atoms with Gasteiger partial charge in [0.2, 0.25) is 0 Å². The lowest BCUT2D eigenvalue weighted by molar-refractivity contribution is 0.351. The van der Waals surface area contributed by atoms with Crippen molar-refractivity contribution in [3.05, 3.63) is 47.0 Å². The van der Waals surface area contributed by atoms with E-state index in [0.29, 0.717) is 6.42 Å². The molecular formula is C16H17NO2. The van der Waals surface area contributed by atoms with Gasteiger partial charge in [-0.2, -0.15) is 0 Å². The number of terminal acetylenes is 1. The van der Waals surface area contributed by atoms with Crippen LogP contribution >= 0.6 is 0 Å². The van der Waals surface area contributed by atoms with Crippen molar-refractivity contribution >= 4 is 0 Å². The Hall–Kier alpha value is -2.34. The molecule has 1 atom stereocenters. The van der Waals surface area contributed by atoms with Crippen molar-refractivity contribution in [2.75, 3.05) is 0 Å². The highest BCUT2D eigenvalue weighted by Crippen LogP contribution is 2.34. The first-order chi connectivity index (χ1) is 9.04. The van der Waals surface area contributed by atoms with E-state index in [1.54, 1.807) is 0 Å². The summed E-state index contributed by atoms with van der Waals surface area (Å²) in [5.74, 6) is 2.63. The largest absolute Gasteiger partial charge is 0.494 e. The van der Waals surface area contributed by atoms with Crippen LogP contribution in [0.2, 0.25) is 0 Å². The first kappa shape index (κ1) is 13.1. The van der Waals surface area contributed by atoms with Crippen LogP contribution in [0.3, 0.4) is 0 Å². The highest BCUT2D eigenvalue weighted by atomic mass is 16.3. The SMILES string of the molecule is C#CCC(c1ccc(C)cc1C)n1c(O)ccc1O. The van der Waals surface area contributed by atoms with E-state index < -0.39 is 0 Å². The van der Waals surface area contributed by atoms with Crippen LogP contribution in [0.1, 0.15) is 29.2 Å². The van der Waals surface area contributed by atoms with Crippen LogP contribution in [0, 0.1) is 26.2 Å². The predicted molar refractivity (Wildman–Crippen MR) is 75.3 cm³/mol. The van der Waals surface area contributed by atoms with Gasteiger partial charge in [0.15, 0.2) is 11.8 Å². The Bertz CT molecular complexity index is 615. The Kier molecular flexibility index (Phi) is 3.52. The van der Waals surface area contributed by atoms with Crippen LogP contribution in [0.15, 0.2) is 30.3 Å². The minimum atomic E-state index is -0.263. The van der Waals surface area contributed by atoms with Crippen LogP contribution in [-0.2, 0) is 0 Å². The Labute approximate surface area is 113 Å². The standard InChI is InChI=1S/C16H17NO2/c1-4-5-14(17-15(18)8-9-16(17)19)13-7-6-11(2)10-12(13)3/h1,6-10,14,18-19H,5H2,2-3H3. The van der Waals surface area contributed by atoms with Crippen LogP contribution in [-0.4, -0.2) is 14.8 Å². The van der Waals surface area contributed by atoms with Gasteiger partial charge in [0.25, 0.3) is 0 Å². The van der Waals surface area contributed by atoms with Crippen LogP contribution in [0.25, 0.3) is 0 Å². The zero-order chi connectivity index (χ0) is 14.0. The van der Waals surface area contributed by atoms with Gasteiger partial charge in [-0.15, -0.1) is 12.3 Å². The number of hydrogen-bond donors (Lipinski definition) is 2. The third-order valence-corrected chi connectivity index (χ3v) is 3.28. The average Bonchev–Trinajstić information content (AvgIpc) is 2.67. The molecule has 1 unspecified atom stereocenters. The lowest BCUT2D eigenvalue weighted by atomic mass is 9.97. The van der Waals surface area contributed by atoms with Crippen molar-refractivity contribution in [1.29, 1.82) is 0 Å². The molecule has 0 saturated carbocycles. The molecule has 0 aliphatic rings. The monoisotopic (exact) mass is 255 g/mol. The maximum Gasteiger partial charge on any atom is 0.194 e. The molecule has 0 aliphatic carbocycles. The fraction of sp³-hybridized carbons (Fsp3) is 0.250. The number of benzene rings is 1. The Morgan fingerprint density at radius 3 is 2.32 bits per heavy atom. The molecule has 0 bridgehead atoms. The third kappa shape index (κ3) is 2.43. The molecule has 0 aliphatic heterocycles. The Morgan fingerprint density at radius 1 is 1.16 bits per heavy atom. The number of aromatic hydroxyl groups is 2. The summed E-state index contributed by atoms with van der Waals surface area (Å²) in [4.78, 5) is 0. The number of aromatic nitrogens is 1. The molecule has 2 aromatic rings. The van der Waals surface area contributed by atoms with Crippen molar-refractivity contribution in [2.24, 2.45) is 0 Å². The fourth-order valence-electron chi connectivity index (χ4n) is 2.40. The molecule has 1 aromatic carbocycles. The third-order valence-electron chi connectivity index (χ3n) is 3.28. The minimum absolute atomic E-state index is 0.0118. The second-order valence-electron chi connectivity index (χ2n) is 4.70. The zero-order valence-corrected chi connectivity index (χ0v) is 11.1. The topological polar surface area (TPSA) is 45.4 Å². The second-order valence-corrected chi connectivity index (χ2v) is 4.70. The summed E-state index contributed by atoms with van der Waals surface area (Å²) in [7, 11) is 0. The van der Waals surface area contributed by atoms with Crippen molar-refractivity contribution < 1.29 is 10.2 Å². The summed E-state index contributed by atoms with van der Waals surface area (Å²) in [6.07, 6.45) is 5.83. The maximum atomic E-state index is 9.87. The van der Waals surface area contributed by atoms with Crippen LogP contribution < -0.4 is 0 Å². The highest BCUT2D eigenvalue weighted by Gasteiger charge is 2.20. The molecule has 3 nitrogen and oxygen atoms in total. The molecule has 1 heterocycles. The number of rotatable bonds is 3. The number of hydrogen-bond acceptors (Lipinski definition) is 2. The van der Waals surface area contributed by atoms with Gasteiger partial charge in [-0.05, 0) is 25.0 Å². The van der Waals surface area contributed by atoms with Crippen molar-refractivity contribution in [2.45, 2.75) is 26.3 Å². The molecule has 2 N–H and O–H groups in total. The van der Waals surface area contributed by atoms with Crippen LogP contribution in [0.5, 0.6) is 11.8 Å². The molecule has 0 spiro atoms. The molecule has 3 heteroatoms. The van der Waals surface area contributed by atoms with E-state index in [-0.39, 0.29) is 17.8 Å². The van der Waals surface area contributed by atoms with Gasteiger partial charge in [-0.25, -0.2) is 0 Å². The molecule has 1 aromatic heterocycles. The molecule has 0 fully saturated rings. The predicted octanol–water partition coefficient (Wildman–Crippen LogP) is 3.13. The van der Waals surface area contributed by atoms with E-state index in [9.17, 15) is 10.2 Å². The normalized spacial score (nSPS) is 12.1. The fourth-order valence-corrected chi connectivity index (χ4v) is 2.40. The Balaban J connectivity index is 2.55. The molecular weight excluding hydrogens is 238 g/mol. The van der Waals surface area contributed by atoms with Crippen molar-refractivity contribution in [1.82, 2.24) is 4.57 Å². The molecule has 19 heavy (non-hydrogen) atoms. The number of nitrogens with zero attached hydrogens (tertiary/aromatic N) is 1. The maximum absolute atomic E-state index is 9.87. The van der Waals surface area contributed by atoms with Gasteiger partial charge in [0.1, 0.15) is 0 Å². The first-order valence-electron chi connectivity index (χ1n) is 6.14.